The topological polar surface area (TPSA) is 49.9 Å². The van der Waals surface area contributed by atoms with Crippen LogP contribution >= 0.6 is 0 Å². The van der Waals surface area contributed by atoms with E-state index in [9.17, 15) is 9.59 Å². The molecule has 1 aromatic carbocycles. The van der Waals surface area contributed by atoms with Crippen LogP contribution in [-0.2, 0) is 14.4 Å². The van der Waals surface area contributed by atoms with Crippen LogP contribution in [-0.4, -0.2) is 54.4 Å². The van der Waals surface area contributed by atoms with Crippen molar-refractivity contribution in [3.05, 3.63) is 34.4 Å². The molecular weight excluding hydrogens is 304 g/mol. The number of likely N-dealkylation sites (N-methyl/N-ethyl adjacent to an activating group) is 1. The van der Waals surface area contributed by atoms with E-state index in [1.54, 1.807) is 19.1 Å². The van der Waals surface area contributed by atoms with Gasteiger partial charge in [0.1, 0.15) is 11.5 Å². The molecule has 2 saturated heterocycles. The normalized spacial score (nSPS) is 24.2. The third kappa shape index (κ3) is 2.38. The fourth-order valence-corrected chi connectivity index (χ4v) is 4.47. The van der Waals surface area contributed by atoms with Crippen LogP contribution in [0.25, 0.3) is 0 Å². The summed E-state index contributed by atoms with van der Waals surface area (Å²) in [6, 6.07) is 4.11. The lowest BCUT2D eigenvalue weighted by molar-refractivity contribution is -0.165. The Balaban J connectivity index is 2.01. The van der Waals surface area contributed by atoms with Crippen molar-refractivity contribution in [2.75, 3.05) is 27.2 Å². The Morgan fingerprint density at radius 1 is 1.08 bits per heavy atom. The van der Waals surface area contributed by atoms with Crippen LogP contribution in [0.2, 0.25) is 0 Å². The molecule has 1 aromatic rings. The minimum Gasteiger partial charge on any atom is -0.332 e. The molecule has 5 nitrogen and oxygen atoms in total. The second-order valence-electron chi connectivity index (χ2n) is 7.15. The molecule has 0 aliphatic carbocycles. The van der Waals surface area contributed by atoms with Gasteiger partial charge in [-0.15, -0.1) is 0 Å². The highest BCUT2D eigenvalue weighted by Gasteiger charge is 2.58. The number of Topliss-reactive ketones (excluding diaryl/α,β-unsaturated/α-hetero) is 1. The van der Waals surface area contributed by atoms with Crippen LogP contribution in [0.1, 0.15) is 41.0 Å². The highest BCUT2D eigenvalue weighted by atomic mass is 16.7. The van der Waals surface area contributed by atoms with Gasteiger partial charge in [-0.2, -0.15) is 5.06 Å². The maximum absolute atomic E-state index is 13.4. The largest absolute Gasteiger partial charge is 0.332 e. The van der Waals surface area contributed by atoms with Crippen molar-refractivity contribution in [1.82, 2.24) is 9.96 Å². The van der Waals surface area contributed by atoms with Crippen LogP contribution < -0.4 is 0 Å². The van der Waals surface area contributed by atoms with Gasteiger partial charge in [0.2, 0.25) is 5.91 Å². The Kier molecular flexibility index (Phi) is 4.26. The Labute approximate surface area is 143 Å². The number of aryl methyl sites for hydroxylation is 3. The van der Waals surface area contributed by atoms with E-state index in [4.69, 9.17) is 4.84 Å². The number of likely N-dealkylation sites (tertiary alicyclic amines) is 1. The molecule has 0 bridgehead atoms. The van der Waals surface area contributed by atoms with Gasteiger partial charge in [0.25, 0.3) is 0 Å². The fraction of sp³-hybridized carbons (Fsp3) is 0.579. The quantitative estimate of drug-likeness (QED) is 0.780. The first-order chi connectivity index (χ1) is 11.3. The summed E-state index contributed by atoms with van der Waals surface area (Å²) >= 11 is 0. The second kappa shape index (κ2) is 5.97. The summed E-state index contributed by atoms with van der Waals surface area (Å²) in [5, 5.41) is 1.85. The maximum atomic E-state index is 13.4. The molecule has 0 radical (unpaired) electrons. The van der Waals surface area contributed by atoms with Crippen molar-refractivity contribution >= 4 is 11.7 Å². The first-order valence-corrected chi connectivity index (χ1v) is 8.50. The van der Waals surface area contributed by atoms with Crippen LogP contribution in [0.4, 0.5) is 0 Å². The zero-order valence-electron chi connectivity index (χ0n) is 15.2. The molecule has 2 fully saturated rings. The monoisotopic (exact) mass is 330 g/mol. The first-order valence-electron chi connectivity index (χ1n) is 8.50. The smallest absolute Gasteiger partial charge is 0.238 e. The van der Waals surface area contributed by atoms with Gasteiger partial charge < -0.3 is 9.74 Å². The van der Waals surface area contributed by atoms with Gasteiger partial charge in [0.05, 0.1) is 7.11 Å². The number of benzene rings is 1. The number of hydroxylamine groups is 2. The molecule has 2 heterocycles. The number of hydrogen-bond donors (Lipinski definition) is 0. The van der Waals surface area contributed by atoms with Crippen LogP contribution in [0.3, 0.4) is 0 Å². The number of ketones is 1. The molecular formula is C19H26N2O3. The number of hydrogen-bond acceptors (Lipinski definition) is 4. The van der Waals surface area contributed by atoms with Crippen molar-refractivity contribution in [1.29, 1.82) is 0 Å². The maximum Gasteiger partial charge on any atom is 0.238 e. The summed E-state index contributed by atoms with van der Waals surface area (Å²) in [5.41, 5.74) is 3.43. The van der Waals surface area contributed by atoms with Gasteiger partial charge in [-0.3, -0.25) is 9.59 Å². The van der Waals surface area contributed by atoms with Crippen molar-refractivity contribution in [2.24, 2.45) is 0 Å². The lowest BCUT2D eigenvalue weighted by Gasteiger charge is -2.41. The molecule has 1 spiro atoms. The molecule has 24 heavy (non-hydrogen) atoms. The number of nitrogens with zero attached hydrogens (tertiary/aromatic N) is 2. The molecule has 0 aromatic heterocycles. The fourth-order valence-electron chi connectivity index (χ4n) is 4.47. The second-order valence-corrected chi connectivity index (χ2v) is 7.15. The Morgan fingerprint density at radius 2 is 1.62 bits per heavy atom. The predicted octanol–water partition coefficient (Wildman–Crippen LogP) is 2.13. The lowest BCUT2D eigenvalue weighted by Crippen LogP contribution is -2.54. The van der Waals surface area contributed by atoms with Crippen molar-refractivity contribution in [3.63, 3.8) is 0 Å². The van der Waals surface area contributed by atoms with Crippen molar-refractivity contribution in [3.8, 4) is 0 Å². The summed E-state index contributed by atoms with van der Waals surface area (Å²) in [7, 11) is 3.42. The number of carbonyl (C=O) groups excluding carboxylic acids is 2. The third-order valence-corrected chi connectivity index (χ3v) is 5.77. The average Bonchev–Trinajstić information content (AvgIpc) is 2.71. The molecule has 2 aliphatic heterocycles. The van der Waals surface area contributed by atoms with Crippen LogP contribution in [0.5, 0.6) is 0 Å². The van der Waals surface area contributed by atoms with Gasteiger partial charge in [0.15, 0.2) is 5.78 Å². The van der Waals surface area contributed by atoms with E-state index < -0.39 is 11.5 Å². The standard InChI is InChI=1S/C19H26N2O3/c1-12-10-13(2)15(14(3)11-12)16-17(22)19(20(4)18(16)23)6-8-21(24-5)9-7-19/h10-11,16H,6-9H2,1-5H3. The predicted molar refractivity (Wildman–Crippen MR) is 91.7 cm³/mol. The molecule has 0 N–H and O–H groups in total. The highest BCUT2D eigenvalue weighted by molar-refractivity contribution is 6.17. The van der Waals surface area contributed by atoms with Gasteiger partial charge in [-0.05, 0) is 50.3 Å². The molecule has 1 unspecified atom stereocenters. The molecule has 0 saturated carbocycles. The number of amides is 1. The highest BCUT2D eigenvalue weighted by Crippen LogP contribution is 2.43. The zero-order valence-corrected chi connectivity index (χ0v) is 15.2. The molecule has 1 atom stereocenters. The minimum absolute atomic E-state index is 0.0563. The average molecular weight is 330 g/mol. The number of rotatable bonds is 2. The van der Waals surface area contributed by atoms with E-state index in [1.165, 1.54) is 0 Å². The van der Waals surface area contributed by atoms with E-state index in [-0.39, 0.29) is 11.7 Å². The molecule has 5 heteroatoms. The van der Waals surface area contributed by atoms with E-state index in [2.05, 4.69) is 12.1 Å². The summed E-state index contributed by atoms with van der Waals surface area (Å²) in [6.45, 7) is 7.36. The van der Waals surface area contributed by atoms with E-state index in [0.717, 1.165) is 22.3 Å². The van der Waals surface area contributed by atoms with Gasteiger partial charge in [-0.1, -0.05) is 17.7 Å². The van der Waals surface area contributed by atoms with Gasteiger partial charge >= 0.3 is 0 Å². The zero-order chi connectivity index (χ0) is 17.6. The summed E-state index contributed by atoms with van der Waals surface area (Å²) in [6.07, 6.45) is 1.25. The van der Waals surface area contributed by atoms with E-state index in [1.807, 2.05) is 25.8 Å². The number of piperidine rings is 1. The molecule has 2 aliphatic rings. The SMILES string of the molecule is CON1CCC2(CC1)C(=O)C(c1c(C)cc(C)cc1C)C(=O)N2C. The van der Waals surface area contributed by atoms with Crippen molar-refractivity contribution < 1.29 is 14.4 Å². The summed E-state index contributed by atoms with van der Waals surface area (Å²) < 4.78 is 0. The first kappa shape index (κ1) is 17.1. The summed E-state index contributed by atoms with van der Waals surface area (Å²) in [5.74, 6) is -0.675. The van der Waals surface area contributed by atoms with Gasteiger partial charge in [-0.25, -0.2) is 0 Å². The van der Waals surface area contributed by atoms with Crippen molar-refractivity contribution in [2.45, 2.75) is 45.1 Å². The van der Waals surface area contributed by atoms with Crippen LogP contribution in [0, 0.1) is 20.8 Å². The van der Waals surface area contributed by atoms with Crippen LogP contribution in [0.15, 0.2) is 12.1 Å². The lowest BCUT2D eigenvalue weighted by atomic mass is 9.78. The Bertz CT molecular complexity index is 667. The Morgan fingerprint density at radius 3 is 2.12 bits per heavy atom. The molecule has 130 valence electrons. The van der Waals surface area contributed by atoms with E-state index >= 15 is 0 Å². The third-order valence-electron chi connectivity index (χ3n) is 5.77. The van der Waals surface area contributed by atoms with E-state index in [0.29, 0.717) is 25.9 Å². The number of carbonyl (C=O) groups is 2. The van der Waals surface area contributed by atoms with Gasteiger partial charge in [0, 0.05) is 20.1 Å². The minimum atomic E-state index is -0.680. The molecule has 1 amide bonds. The summed E-state index contributed by atoms with van der Waals surface area (Å²) in [4.78, 5) is 33.3. The molecule has 3 rings (SSSR count). The Hall–Kier alpha value is -1.72.